The minimum absolute atomic E-state index is 0.183. The van der Waals surface area contributed by atoms with Gasteiger partial charge in [0.25, 0.3) is 0 Å². The molecule has 0 radical (unpaired) electrons. The zero-order valence-corrected chi connectivity index (χ0v) is 5.89. The minimum Gasteiger partial charge on any atom is -0.381 e. The second-order valence-corrected chi connectivity index (χ2v) is 1.83. The third-order valence-corrected chi connectivity index (χ3v) is 0.835. The Morgan fingerprint density at radius 2 is 2.22 bits per heavy atom. The molecule has 0 aromatic heterocycles. The molecule has 0 unspecified atom stereocenters. The molecular formula is C7H12O2. The fraction of sp³-hybridized carbons (Fsp3) is 0.571. The van der Waals surface area contributed by atoms with Crippen molar-refractivity contribution in [2.75, 3.05) is 13.7 Å². The molecule has 0 atom stereocenters. The van der Waals surface area contributed by atoms with E-state index in [4.69, 9.17) is 4.74 Å². The van der Waals surface area contributed by atoms with Crippen molar-refractivity contribution >= 4 is 5.78 Å². The van der Waals surface area contributed by atoms with Crippen molar-refractivity contribution < 1.29 is 9.53 Å². The number of carbonyl (C=O) groups excluding carboxylic acids is 1. The minimum atomic E-state index is 0.183. The second-order valence-electron chi connectivity index (χ2n) is 1.83. The molecule has 0 spiro atoms. The summed E-state index contributed by atoms with van der Waals surface area (Å²) in [5.74, 6) is 0.183. The highest BCUT2D eigenvalue weighted by molar-refractivity contribution is 5.76. The molecule has 2 heteroatoms. The molecule has 52 valence electrons. The van der Waals surface area contributed by atoms with Gasteiger partial charge >= 0.3 is 0 Å². The number of rotatable bonds is 4. The third-order valence-electron chi connectivity index (χ3n) is 0.835. The fourth-order valence-corrected chi connectivity index (χ4v) is 0.414. The summed E-state index contributed by atoms with van der Waals surface area (Å²) in [6.45, 7) is 2.16. The molecule has 0 fully saturated rings. The lowest BCUT2D eigenvalue weighted by atomic mass is 10.3. The molecule has 0 amide bonds. The molecule has 0 aliphatic heterocycles. The number of allylic oxidation sites excluding steroid dienone is 1. The van der Waals surface area contributed by atoms with Crippen LogP contribution < -0.4 is 0 Å². The van der Waals surface area contributed by atoms with Gasteiger partial charge in [-0.1, -0.05) is 12.2 Å². The Labute approximate surface area is 55.5 Å². The average molecular weight is 128 g/mol. The summed E-state index contributed by atoms with van der Waals surface area (Å²) in [5.41, 5.74) is 0. The maximum atomic E-state index is 10.3. The van der Waals surface area contributed by atoms with Gasteiger partial charge in [0, 0.05) is 13.5 Å². The summed E-state index contributed by atoms with van der Waals surface area (Å²) in [6.07, 6.45) is 4.16. The van der Waals surface area contributed by atoms with Gasteiger partial charge in [-0.15, -0.1) is 0 Å². The SMILES string of the molecule is COCC=CCC(C)=O. The van der Waals surface area contributed by atoms with Crippen molar-refractivity contribution in [1.29, 1.82) is 0 Å². The standard InChI is InChI=1S/C7H12O2/c1-7(8)5-3-4-6-9-2/h3-4H,5-6H2,1-2H3. The van der Waals surface area contributed by atoms with Gasteiger partial charge < -0.3 is 4.74 Å². The molecule has 0 bridgehead atoms. The van der Waals surface area contributed by atoms with Gasteiger partial charge in [-0.05, 0) is 6.92 Å². The zero-order valence-electron chi connectivity index (χ0n) is 5.89. The number of hydrogen-bond acceptors (Lipinski definition) is 2. The average Bonchev–Trinajstić information content (AvgIpc) is 1.80. The van der Waals surface area contributed by atoms with Gasteiger partial charge in [0.1, 0.15) is 5.78 Å². The Balaban J connectivity index is 3.14. The zero-order chi connectivity index (χ0) is 7.11. The lowest BCUT2D eigenvalue weighted by Gasteiger charge is -1.86. The molecule has 0 heterocycles. The lowest BCUT2D eigenvalue weighted by molar-refractivity contribution is -0.116. The summed E-state index contributed by atoms with van der Waals surface area (Å²) in [4.78, 5) is 10.3. The van der Waals surface area contributed by atoms with Crippen molar-refractivity contribution in [1.82, 2.24) is 0 Å². The largest absolute Gasteiger partial charge is 0.381 e. The van der Waals surface area contributed by atoms with Gasteiger partial charge in [0.05, 0.1) is 6.61 Å². The summed E-state index contributed by atoms with van der Waals surface area (Å²) in [7, 11) is 1.62. The first kappa shape index (κ1) is 8.37. The van der Waals surface area contributed by atoms with Gasteiger partial charge in [-0.25, -0.2) is 0 Å². The second kappa shape index (κ2) is 5.51. The lowest BCUT2D eigenvalue weighted by Crippen LogP contribution is -1.86. The molecule has 0 aromatic rings. The predicted octanol–water partition coefficient (Wildman–Crippen LogP) is 1.17. The summed E-state index contributed by atoms with van der Waals surface area (Å²) in [5, 5.41) is 0. The normalized spacial score (nSPS) is 10.4. The monoisotopic (exact) mass is 128 g/mol. The van der Waals surface area contributed by atoms with Crippen LogP contribution in [0.15, 0.2) is 12.2 Å². The van der Waals surface area contributed by atoms with Crippen LogP contribution in [0.5, 0.6) is 0 Å². The van der Waals surface area contributed by atoms with Crippen molar-refractivity contribution in [2.24, 2.45) is 0 Å². The first-order valence-electron chi connectivity index (χ1n) is 2.90. The summed E-state index contributed by atoms with van der Waals surface area (Å²) >= 11 is 0. The van der Waals surface area contributed by atoms with E-state index in [1.807, 2.05) is 12.2 Å². The van der Waals surface area contributed by atoms with E-state index in [1.54, 1.807) is 14.0 Å². The van der Waals surface area contributed by atoms with E-state index in [2.05, 4.69) is 0 Å². The molecule has 0 aliphatic carbocycles. The van der Waals surface area contributed by atoms with Crippen molar-refractivity contribution in [3.05, 3.63) is 12.2 Å². The smallest absolute Gasteiger partial charge is 0.133 e. The fourth-order valence-electron chi connectivity index (χ4n) is 0.414. The molecule has 0 rings (SSSR count). The molecule has 0 saturated heterocycles. The maximum Gasteiger partial charge on any atom is 0.133 e. The van der Waals surface area contributed by atoms with E-state index in [-0.39, 0.29) is 5.78 Å². The molecule has 0 saturated carbocycles. The Kier molecular flexibility index (Phi) is 5.12. The van der Waals surface area contributed by atoms with Crippen LogP contribution in [-0.4, -0.2) is 19.5 Å². The van der Waals surface area contributed by atoms with Gasteiger partial charge in [-0.2, -0.15) is 0 Å². The van der Waals surface area contributed by atoms with Crippen LogP contribution in [-0.2, 0) is 9.53 Å². The molecular weight excluding hydrogens is 116 g/mol. The maximum absolute atomic E-state index is 10.3. The van der Waals surface area contributed by atoms with E-state index in [0.29, 0.717) is 13.0 Å². The highest BCUT2D eigenvalue weighted by Crippen LogP contribution is 1.83. The molecule has 0 N–H and O–H groups in total. The highest BCUT2D eigenvalue weighted by Gasteiger charge is 1.83. The quantitative estimate of drug-likeness (QED) is 0.531. The summed E-state index contributed by atoms with van der Waals surface area (Å²) in [6, 6.07) is 0. The Hall–Kier alpha value is -0.630. The Bertz CT molecular complexity index is 105. The van der Waals surface area contributed by atoms with Crippen LogP contribution in [0.1, 0.15) is 13.3 Å². The number of carbonyl (C=O) groups is 1. The van der Waals surface area contributed by atoms with E-state index in [1.165, 1.54) is 0 Å². The van der Waals surface area contributed by atoms with Crippen LogP contribution in [0.25, 0.3) is 0 Å². The highest BCUT2D eigenvalue weighted by atomic mass is 16.5. The number of ketones is 1. The van der Waals surface area contributed by atoms with Crippen molar-refractivity contribution in [2.45, 2.75) is 13.3 Å². The number of methoxy groups -OCH3 is 1. The van der Waals surface area contributed by atoms with Crippen LogP contribution in [0.3, 0.4) is 0 Å². The van der Waals surface area contributed by atoms with E-state index in [0.717, 1.165) is 0 Å². The van der Waals surface area contributed by atoms with Gasteiger partial charge in [0.15, 0.2) is 0 Å². The third kappa shape index (κ3) is 7.37. The first-order valence-corrected chi connectivity index (χ1v) is 2.90. The van der Waals surface area contributed by atoms with Gasteiger partial charge in [-0.3, -0.25) is 4.79 Å². The molecule has 2 nitrogen and oxygen atoms in total. The molecule has 0 aromatic carbocycles. The van der Waals surface area contributed by atoms with Crippen LogP contribution in [0, 0.1) is 0 Å². The van der Waals surface area contributed by atoms with Crippen LogP contribution in [0.2, 0.25) is 0 Å². The van der Waals surface area contributed by atoms with E-state index in [9.17, 15) is 4.79 Å². The number of Topliss-reactive ketones (excluding diaryl/α,β-unsaturated/α-hetero) is 1. The molecule has 9 heavy (non-hydrogen) atoms. The van der Waals surface area contributed by atoms with Gasteiger partial charge in [0.2, 0.25) is 0 Å². The number of hydrogen-bond donors (Lipinski definition) is 0. The Morgan fingerprint density at radius 1 is 1.56 bits per heavy atom. The van der Waals surface area contributed by atoms with Crippen LogP contribution in [0.4, 0.5) is 0 Å². The van der Waals surface area contributed by atoms with E-state index < -0.39 is 0 Å². The van der Waals surface area contributed by atoms with E-state index >= 15 is 0 Å². The summed E-state index contributed by atoms with van der Waals surface area (Å²) < 4.78 is 4.73. The Morgan fingerprint density at radius 3 is 2.67 bits per heavy atom. The first-order chi connectivity index (χ1) is 4.27. The number of ether oxygens (including phenoxy) is 1. The van der Waals surface area contributed by atoms with Crippen LogP contribution >= 0.6 is 0 Å². The topological polar surface area (TPSA) is 26.3 Å². The van der Waals surface area contributed by atoms with Crippen molar-refractivity contribution in [3.63, 3.8) is 0 Å². The molecule has 0 aliphatic rings. The predicted molar refractivity (Wildman–Crippen MR) is 36.3 cm³/mol. The van der Waals surface area contributed by atoms with Crippen molar-refractivity contribution in [3.8, 4) is 0 Å².